The van der Waals surface area contributed by atoms with E-state index in [2.05, 4.69) is 20.9 Å². The summed E-state index contributed by atoms with van der Waals surface area (Å²) in [6, 6.07) is 0.433. The third kappa shape index (κ3) is 6.56. The molecule has 2 unspecified atom stereocenters. The summed E-state index contributed by atoms with van der Waals surface area (Å²) in [5.74, 6) is 0.451. The lowest BCUT2D eigenvalue weighted by Gasteiger charge is -2.32. The van der Waals surface area contributed by atoms with Crippen LogP contribution in [0.25, 0.3) is 0 Å². The van der Waals surface area contributed by atoms with Crippen LogP contribution in [-0.2, 0) is 11.3 Å². The number of hydrogen-bond acceptors (Lipinski definition) is 5. The minimum absolute atomic E-state index is 0.329. The van der Waals surface area contributed by atoms with Crippen molar-refractivity contribution in [1.82, 2.24) is 25.6 Å². The average molecular weight is 323 g/mol. The first-order valence-corrected chi connectivity index (χ1v) is 8.48. The lowest BCUT2D eigenvalue weighted by atomic mass is 9.84. The Hall–Kier alpha value is -1.63. The molecule has 7 heteroatoms. The molecule has 23 heavy (non-hydrogen) atoms. The molecule has 0 saturated heterocycles. The quantitative estimate of drug-likeness (QED) is 0.836. The van der Waals surface area contributed by atoms with E-state index in [9.17, 15) is 4.79 Å². The van der Waals surface area contributed by atoms with E-state index >= 15 is 0 Å². The summed E-state index contributed by atoms with van der Waals surface area (Å²) < 4.78 is 7.13. The van der Waals surface area contributed by atoms with Crippen molar-refractivity contribution in [2.45, 2.75) is 64.6 Å². The molecule has 1 amide bonds. The monoisotopic (exact) mass is 323 g/mol. The number of hydrogen-bond donors (Lipinski definition) is 2. The topological polar surface area (TPSA) is 81.1 Å². The number of nitrogens with zero attached hydrogens (tertiary/aromatic N) is 3. The Kier molecular flexibility index (Phi) is 6.38. The number of ether oxygens (including phenoxy) is 1. The Balaban J connectivity index is 1.73. The first-order valence-electron chi connectivity index (χ1n) is 8.48. The molecule has 0 spiro atoms. The molecule has 0 bridgehead atoms. The van der Waals surface area contributed by atoms with Crippen LogP contribution in [0.3, 0.4) is 0 Å². The highest BCUT2D eigenvalue weighted by atomic mass is 16.6. The van der Waals surface area contributed by atoms with Crippen LogP contribution in [0.5, 0.6) is 0 Å². The van der Waals surface area contributed by atoms with Crippen molar-refractivity contribution in [2.24, 2.45) is 5.92 Å². The number of carbonyl (C=O) groups is 1. The maximum absolute atomic E-state index is 11.8. The van der Waals surface area contributed by atoms with Gasteiger partial charge in [0, 0.05) is 25.3 Å². The van der Waals surface area contributed by atoms with E-state index in [4.69, 9.17) is 4.74 Å². The van der Waals surface area contributed by atoms with Gasteiger partial charge in [-0.3, -0.25) is 4.68 Å². The molecule has 130 valence electrons. The minimum Gasteiger partial charge on any atom is -0.444 e. The normalized spacial score (nSPS) is 21.9. The van der Waals surface area contributed by atoms with Crippen LogP contribution in [0.15, 0.2) is 12.4 Å². The van der Waals surface area contributed by atoms with Gasteiger partial charge in [-0.15, -0.1) is 5.10 Å². The smallest absolute Gasteiger partial charge is 0.407 e. The third-order valence-corrected chi connectivity index (χ3v) is 4.04. The van der Waals surface area contributed by atoms with Crippen LogP contribution in [0, 0.1) is 5.92 Å². The number of aromatic nitrogens is 3. The van der Waals surface area contributed by atoms with Gasteiger partial charge >= 0.3 is 6.09 Å². The summed E-state index contributed by atoms with van der Waals surface area (Å²) in [6.07, 6.45) is 7.98. The zero-order valence-corrected chi connectivity index (χ0v) is 14.4. The lowest BCUT2D eigenvalue weighted by molar-refractivity contribution is 0.0510. The molecular weight excluding hydrogens is 294 g/mol. The Bertz CT molecular complexity index is 469. The molecule has 1 saturated carbocycles. The summed E-state index contributed by atoms with van der Waals surface area (Å²) in [7, 11) is 0. The SMILES string of the molecule is CC(C)(C)OC(=O)NCC1CCCCC1NCCn1ccnn1. The van der Waals surface area contributed by atoms with Gasteiger partial charge in [-0.25, -0.2) is 4.79 Å². The van der Waals surface area contributed by atoms with E-state index < -0.39 is 5.60 Å². The van der Waals surface area contributed by atoms with Gasteiger partial charge in [0.25, 0.3) is 0 Å². The highest BCUT2D eigenvalue weighted by Gasteiger charge is 2.25. The molecule has 2 atom stereocenters. The predicted octanol–water partition coefficient (Wildman–Crippen LogP) is 1.95. The highest BCUT2D eigenvalue weighted by Crippen LogP contribution is 2.24. The van der Waals surface area contributed by atoms with Crippen LogP contribution < -0.4 is 10.6 Å². The molecular formula is C16H29N5O2. The number of rotatable bonds is 6. The van der Waals surface area contributed by atoms with Crippen LogP contribution >= 0.6 is 0 Å². The van der Waals surface area contributed by atoms with E-state index in [-0.39, 0.29) is 6.09 Å². The molecule has 1 fully saturated rings. The zero-order valence-electron chi connectivity index (χ0n) is 14.4. The van der Waals surface area contributed by atoms with Gasteiger partial charge in [0.15, 0.2) is 0 Å². The van der Waals surface area contributed by atoms with Crippen LogP contribution in [0.1, 0.15) is 46.5 Å². The molecule has 1 heterocycles. The summed E-state index contributed by atoms with van der Waals surface area (Å²) in [5.41, 5.74) is -0.452. The zero-order chi connectivity index (χ0) is 16.7. The molecule has 7 nitrogen and oxygen atoms in total. The fourth-order valence-corrected chi connectivity index (χ4v) is 2.97. The predicted molar refractivity (Wildman–Crippen MR) is 88.0 cm³/mol. The van der Waals surface area contributed by atoms with Crippen molar-refractivity contribution in [3.05, 3.63) is 12.4 Å². The van der Waals surface area contributed by atoms with Crippen LogP contribution in [0.4, 0.5) is 4.79 Å². The highest BCUT2D eigenvalue weighted by molar-refractivity contribution is 5.67. The van der Waals surface area contributed by atoms with Crippen molar-refractivity contribution >= 4 is 6.09 Å². The number of carbonyl (C=O) groups excluding carboxylic acids is 1. The Labute approximate surface area is 138 Å². The van der Waals surface area contributed by atoms with E-state index in [0.717, 1.165) is 25.9 Å². The van der Waals surface area contributed by atoms with Crippen LogP contribution in [-0.4, -0.2) is 45.8 Å². The first kappa shape index (κ1) is 17.7. The van der Waals surface area contributed by atoms with Gasteiger partial charge in [-0.2, -0.15) is 0 Å². The second kappa shape index (κ2) is 8.29. The molecule has 1 aromatic heterocycles. The number of alkyl carbamates (subject to hydrolysis) is 1. The summed E-state index contributed by atoms with van der Waals surface area (Å²) >= 11 is 0. The van der Waals surface area contributed by atoms with Gasteiger partial charge < -0.3 is 15.4 Å². The van der Waals surface area contributed by atoms with Gasteiger partial charge in [0.2, 0.25) is 0 Å². The number of amides is 1. The van der Waals surface area contributed by atoms with E-state index in [0.29, 0.717) is 18.5 Å². The average Bonchev–Trinajstić information content (AvgIpc) is 2.98. The van der Waals surface area contributed by atoms with Crippen molar-refractivity contribution in [3.63, 3.8) is 0 Å². The molecule has 1 aliphatic carbocycles. The van der Waals surface area contributed by atoms with Gasteiger partial charge in [0.1, 0.15) is 5.60 Å². The fraction of sp³-hybridized carbons (Fsp3) is 0.812. The molecule has 0 aromatic carbocycles. The Morgan fingerprint density at radius 3 is 2.83 bits per heavy atom. The van der Waals surface area contributed by atoms with Crippen molar-refractivity contribution in [1.29, 1.82) is 0 Å². The van der Waals surface area contributed by atoms with Gasteiger partial charge in [0.05, 0.1) is 12.7 Å². The molecule has 2 rings (SSSR count). The first-order chi connectivity index (χ1) is 10.9. The Morgan fingerprint density at radius 1 is 1.35 bits per heavy atom. The van der Waals surface area contributed by atoms with Crippen molar-refractivity contribution in [2.75, 3.05) is 13.1 Å². The van der Waals surface area contributed by atoms with Crippen molar-refractivity contribution in [3.8, 4) is 0 Å². The minimum atomic E-state index is -0.452. The maximum atomic E-state index is 11.8. The largest absolute Gasteiger partial charge is 0.444 e. The van der Waals surface area contributed by atoms with E-state index in [1.807, 2.05) is 31.6 Å². The van der Waals surface area contributed by atoms with E-state index in [1.54, 1.807) is 6.20 Å². The third-order valence-electron chi connectivity index (χ3n) is 4.04. The van der Waals surface area contributed by atoms with Crippen molar-refractivity contribution < 1.29 is 9.53 Å². The summed E-state index contributed by atoms with van der Waals surface area (Å²) in [6.45, 7) is 7.96. The summed E-state index contributed by atoms with van der Waals surface area (Å²) in [5, 5.41) is 14.3. The second-order valence-corrected chi connectivity index (χ2v) is 7.15. The second-order valence-electron chi connectivity index (χ2n) is 7.15. The molecule has 0 aliphatic heterocycles. The molecule has 1 aromatic rings. The van der Waals surface area contributed by atoms with Gasteiger partial charge in [-0.05, 0) is 39.5 Å². The molecule has 1 aliphatic rings. The summed E-state index contributed by atoms with van der Waals surface area (Å²) in [4.78, 5) is 11.8. The number of nitrogens with one attached hydrogen (secondary N) is 2. The molecule has 2 N–H and O–H groups in total. The van der Waals surface area contributed by atoms with Gasteiger partial charge in [-0.1, -0.05) is 18.1 Å². The molecule has 0 radical (unpaired) electrons. The standard InChI is InChI=1S/C16H29N5O2/c1-16(2,3)23-15(22)18-12-13-6-4-5-7-14(13)17-8-10-21-11-9-19-20-21/h9,11,13-14,17H,4-8,10,12H2,1-3H3,(H,18,22). The van der Waals surface area contributed by atoms with Crippen LogP contribution in [0.2, 0.25) is 0 Å². The van der Waals surface area contributed by atoms with E-state index in [1.165, 1.54) is 12.8 Å². The Morgan fingerprint density at radius 2 is 2.13 bits per heavy atom. The maximum Gasteiger partial charge on any atom is 0.407 e. The lowest BCUT2D eigenvalue weighted by Crippen LogP contribution is -2.45. The fourth-order valence-electron chi connectivity index (χ4n) is 2.97.